The van der Waals surface area contributed by atoms with Crippen LogP contribution in [0.25, 0.3) is 0 Å². The van der Waals surface area contributed by atoms with Gasteiger partial charge in [0.2, 0.25) is 0 Å². The van der Waals surface area contributed by atoms with Crippen molar-refractivity contribution in [3.05, 3.63) is 0 Å². The molecule has 0 radical (unpaired) electrons. The fourth-order valence-corrected chi connectivity index (χ4v) is 2.12. The molecule has 15 heavy (non-hydrogen) atoms. The molecule has 0 heterocycles. The van der Waals surface area contributed by atoms with Crippen molar-refractivity contribution < 1.29 is 17.9 Å². The van der Waals surface area contributed by atoms with Crippen LogP contribution in [0, 0.1) is 5.92 Å². The van der Waals surface area contributed by atoms with Crippen LogP contribution >= 0.6 is 10.7 Å². The first-order valence-corrected chi connectivity index (χ1v) is 7.17. The molecular weight excluding hydrogens is 242 g/mol. The van der Waals surface area contributed by atoms with Crippen molar-refractivity contribution in [3.63, 3.8) is 0 Å². The number of nitrogens with one attached hydrogen (secondary N) is 1. The molecule has 1 aliphatic carbocycles. The molecule has 5 nitrogen and oxygen atoms in total. The maximum absolute atomic E-state index is 10.9. The molecule has 0 aromatic heterocycles. The fraction of sp³-hybridized carbons (Fsp3) is 0.875. The summed E-state index contributed by atoms with van der Waals surface area (Å²) in [5.74, 6) is 0.350. The van der Waals surface area contributed by atoms with Crippen molar-refractivity contribution in [1.82, 2.24) is 4.72 Å². The highest BCUT2D eigenvalue weighted by Gasteiger charge is 2.17. The van der Waals surface area contributed by atoms with Gasteiger partial charge in [-0.3, -0.25) is 0 Å². The third kappa shape index (κ3) is 5.84. The number of carbonyl (C=O) groups excluding carboxylic acids is 1. The Morgan fingerprint density at radius 2 is 1.93 bits per heavy atom. The van der Waals surface area contributed by atoms with E-state index in [-0.39, 0.29) is 6.61 Å². The second kappa shape index (κ2) is 5.55. The molecular formula is C8H14ClNO4S. The van der Waals surface area contributed by atoms with E-state index >= 15 is 0 Å². The zero-order valence-electron chi connectivity index (χ0n) is 8.24. The summed E-state index contributed by atoms with van der Waals surface area (Å²) in [6.45, 7) is 0.262. The number of halogens is 1. The summed E-state index contributed by atoms with van der Waals surface area (Å²) in [6, 6.07) is 0. The SMILES string of the molecule is O=C(NS(=O)(=O)Cl)OCC1CCCCC1. The van der Waals surface area contributed by atoms with Gasteiger partial charge in [-0.15, -0.1) is 0 Å². The average molecular weight is 256 g/mol. The fourth-order valence-electron chi connectivity index (χ4n) is 1.68. The number of hydrogen-bond donors (Lipinski definition) is 1. The Balaban J connectivity index is 2.21. The topological polar surface area (TPSA) is 72.5 Å². The van der Waals surface area contributed by atoms with Gasteiger partial charge in [0, 0.05) is 10.7 Å². The molecule has 1 saturated carbocycles. The summed E-state index contributed by atoms with van der Waals surface area (Å²) < 4.78 is 27.2. The van der Waals surface area contributed by atoms with Crippen LogP contribution in [0.2, 0.25) is 0 Å². The summed E-state index contributed by atoms with van der Waals surface area (Å²) in [4.78, 5) is 10.9. The molecule has 0 aromatic rings. The molecule has 1 rings (SSSR count). The highest BCUT2D eigenvalue weighted by molar-refractivity contribution is 8.12. The van der Waals surface area contributed by atoms with Crippen LogP contribution in [0.15, 0.2) is 0 Å². The number of rotatable bonds is 3. The summed E-state index contributed by atoms with van der Waals surface area (Å²) >= 11 is 0. The number of carbonyl (C=O) groups is 1. The largest absolute Gasteiger partial charge is 0.449 e. The zero-order valence-corrected chi connectivity index (χ0v) is 9.81. The number of amides is 1. The average Bonchev–Trinajstić information content (AvgIpc) is 2.14. The van der Waals surface area contributed by atoms with E-state index in [1.165, 1.54) is 11.1 Å². The lowest BCUT2D eigenvalue weighted by Gasteiger charge is -2.20. The molecule has 0 aliphatic heterocycles. The van der Waals surface area contributed by atoms with Crippen molar-refractivity contribution in [2.24, 2.45) is 5.92 Å². The predicted octanol–water partition coefficient (Wildman–Crippen LogP) is 1.78. The molecule has 1 amide bonds. The number of hydrogen-bond acceptors (Lipinski definition) is 4. The van der Waals surface area contributed by atoms with Gasteiger partial charge in [-0.2, -0.15) is 8.42 Å². The second-order valence-corrected chi connectivity index (χ2v) is 5.94. The van der Waals surface area contributed by atoms with Gasteiger partial charge in [-0.05, 0) is 18.8 Å². The van der Waals surface area contributed by atoms with Crippen molar-refractivity contribution in [2.75, 3.05) is 6.61 Å². The smallest absolute Gasteiger partial charge is 0.421 e. The van der Waals surface area contributed by atoms with Gasteiger partial charge in [0.05, 0.1) is 6.61 Å². The van der Waals surface area contributed by atoms with Crippen molar-refractivity contribution in [1.29, 1.82) is 0 Å². The summed E-state index contributed by atoms with van der Waals surface area (Å²) in [6.07, 6.45) is 4.56. The van der Waals surface area contributed by atoms with Gasteiger partial charge >= 0.3 is 15.3 Å². The second-order valence-electron chi connectivity index (χ2n) is 3.64. The minimum atomic E-state index is -4.03. The third-order valence-electron chi connectivity index (χ3n) is 2.38. The molecule has 0 atom stereocenters. The predicted molar refractivity (Wildman–Crippen MR) is 55.8 cm³/mol. The molecule has 0 saturated heterocycles. The first kappa shape index (κ1) is 12.6. The van der Waals surface area contributed by atoms with Crippen LogP contribution < -0.4 is 4.72 Å². The minimum absolute atomic E-state index is 0.262. The van der Waals surface area contributed by atoms with E-state index in [1.54, 1.807) is 0 Å². The lowest BCUT2D eigenvalue weighted by Crippen LogP contribution is -2.29. The van der Waals surface area contributed by atoms with Gasteiger partial charge in [0.1, 0.15) is 0 Å². The minimum Gasteiger partial charge on any atom is -0.449 e. The molecule has 0 spiro atoms. The van der Waals surface area contributed by atoms with E-state index in [0.29, 0.717) is 5.92 Å². The highest BCUT2D eigenvalue weighted by atomic mass is 35.7. The molecule has 7 heteroatoms. The maximum Gasteiger partial charge on any atom is 0.421 e. The van der Waals surface area contributed by atoms with Crippen LogP contribution in [0.3, 0.4) is 0 Å². The van der Waals surface area contributed by atoms with E-state index in [4.69, 9.17) is 15.4 Å². The summed E-state index contributed by atoms with van der Waals surface area (Å²) in [5, 5.41) is 0. The van der Waals surface area contributed by atoms with Gasteiger partial charge in [0.15, 0.2) is 0 Å². The summed E-state index contributed by atoms with van der Waals surface area (Å²) in [7, 11) is 0.781. The van der Waals surface area contributed by atoms with E-state index in [0.717, 1.165) is 25.7 Å². The van der Waals surface area contributed by atoms with Crippen LogP contribution in [0.4, 0.5) is 4.79 Å². The first-order chi connectivity index (χ1) is 6.97. The lowest BCUT2D eigenvalue weighted by atomic mass is 9.90. The van der Waals surface area contributed by atoms with E-state index < -0.39 is 15.3 Å². The molecule has 0 aromatic carbocycles. The van der Waals surface area contributed by atoms with Gasteiger partial charge in [0.25, 0.3) is 0 Å². The zero-order chi connectivity index (χ0) is 11.3. The van der Waals surface area contributed by atoms with Crippen molar-refractivity contribution in [2.45, 2.75) is 32.1 Å². The van der Waals surface area contributed by atoms with Gasteiger partial charge in [-0.1, -0.05) is 19.3 Å². The molecule has 0 bridgehead atoms. The highest BCUT2D eigenvalue weighted by Crippen LogP contribution is 2.23. The Morgan fingerprint density at radius 1 is 1.33 bits per heavy atom. The quantitative estimate of drug-likeness (QED) is 0.780. The Morgan fingerprint density at radius 3 is 2.47 bits per heavy atom. The monoisotopic (exact) mass is 255 g/mol. The third-order valence-corrected chi connectivity index (χ3v) is 3.02. The Kier molecular flexibility index (Phi) is 4.66. The lowest BCUT2D eigenvalue weighted by molar-refractivity contribution is 0.121. The Labute approximate surface area is 93.7 Å². The first-order valence-electron chi connectivity index (χ1n) is 4.86. The van der Waals surface area contributed by atoms with E-state index in [9.17, 15) is 13.2 Å². The van der Waals surface area contributed by atoms with Gasteiger partial charge < -0.3 is 4.74 Å². The van der Waals surface area contributed by atoms with Crippen LogP contribution in [-0.2, 0) is 14.0 Å². The summed E-state index contributed by atoms with van der Waals surface area (Å²) in [5.41, 5.74) is 0. The normalized spacial score (nSPS) is 18.5. The standard InChI is InChI=1S/C8H14ClNO4S/c9-15(12,13)10-8(11)14-6-7-4-2-1-3-5-7/h7H,1-6H2,(H,10,11). The molecule has 88 valence electrons. The molecule has 1 aliphatic rings. The van der Waals surface area contributed by atoms with E-state index in [1.807, 2.05) is 0 Å². The molecule has 0 unspecified atom stereocenters. The van der Waals surface area contributed by atoms with E-state index in [2.05, 4.69) is 0 Å². The van der Waals surface area contributed by atoms with Crippen LogP contribution in [-0.4, -0.2) is 21.1 Å². The molecule has 1 N–H and O–H groups in total. The Bertz CT molecular complexity index is 311. The van der Waals surface area contributed by atoms with Crippen molar-refractivity contribution in [3.8, 4) is 0 Å². The Hall–Kier alpha value is -0.490. The van der Waals surface area contributed by atoms with Crippen LogP contribution in [0.5, 0.6) is 0 Å². The number of ether oxygens (including phenoxy) is 1. The molecule has 1 fully saturated rings. The van der Waals surface area contributed by atoms with Crippen LogP contribution in [0.1, 0.15) is 32.1 Å². The van der Waals surface area contributed by atoms with Gasteiger partial charge in [-0.25, -0.2) is 9.52 Å². The maximum atomic E-state index is 10.9. The van der Waals surface area contributed by atoms with Crippen molar-refractivity contribution >= 4 is 26.0 Å².